The second kappa shape index (κ2) is 20.7. The number of fused-ring (bicyclic) bond motifs is 3. The van der Waals surface area contributed by atoms with Gasteiger partial charge in [0.2, 0.25) is 18.5 Å². The standard InChI is InChI=1S/C33H44N14O23P4S/c1-11-40-26-16(28(52)41-11)39-9-46(26)30-20(50)19(49)13(65-30)5-64-74(60,75)68-22-14(67-32(23(22)61-3)45-8-38-15-24(34)36-7-37-25(15)45)6-63-72(56,57)70-73(58,59)69-71(54,55)62-4-12-18(48)21(51)31(66-12)47-10-44(2)17-27(47)42-33(35)43-29(17)53/h7-10,12-14,18-23,30-32,48-51H,4-6H2,1-3H3,(H9-,34,35,36,37,40,41,42,43,52,53,54,55,56,57,58,59,60,75)/p+1. The van der Waals surface area contributed by atoms with Crippen molar-refractivity contribution in [3.8, 4) is 0 Å². The van der Waals surface area contributed by atoms with Gasteiger partial charge in [-0.1, -0.05) is 0 Å². The third-order valence-corrected chi connectivity index (χ3v) is 17.5. The second-order valence-corrected chi connectivity index (χ2v) is 24.1. The number of aryl methyl sites for hydroxylation is 2. The fraction of sp³-hybridized carbons (Fsp3) is 0.545. The molecule has 0 saturated carbocycles. The quantitative estimate of drug-likeness (QED) is 0.0273. The minimum atomic E-state index is -6.17. The summed E-state index contributed by atoms with van der Waals surface area (Å²) in [7, 11) is -15.3. The van der Waals surface area contributed by atoms with E-state index in [9.17, 15) is 63.3 Å². The molecule has 6 aromatic heterocycles. The molecule has 9 rings (SSSR count). The van der Waals surface area contributed by atoms with E-state index < -0.39 is 135 Å². The van der Waals surface area contributed by atoms with Crippen LogP contribution >= 0.6 is 30.2 Å². The Hall–Kier alpha value is -4.53. The molecule has 3 fully saturated rings. The van der Waals surface area contributed by atoms with Gasteiger partial charge in [-0.15, -0.1) is 0 Å². The Labute approximate surface area is 421 Å². The molecule has 75 heavy (non-hydrogen) atoms. The van der Waals surface area contributed by atoms with Crippen LogP contribution in [0.5, 0.6) is 0 Å². The number of phosphoric acid groups is 3. The third kappa shape index (κ3) is 11.1. The lowest BCUT2D eigenvalue weighted by molar-refractivity contribution is -0.646. The first-order chi connectivity index (χ1) is 35.2. The summed E-state index contributed by atoms with van der Waals surface area (Å²) in [6.07, 6.45) is -14.4. The first-order valence-electron chi connectivity index (χ1n) is 21.4. The van der Waals surface area contributed by atoms with Crippen LogP contribution in [0.25, 0.3) is 33.5 Å². The molecular formula is C33H45N14O23P4S+. The Morgan fingerprint density at radius 3 is 1.88 bits per heavy atom. The van der Waals surface area contributed by atoms with Gasteiger partial charge < -0.3 is 79.9 Å². The number of ether oxygens (including phenoxy) is 4. The highest BCUT2D eigenvalue weighted by molar-refractivity contribution is 8.07. The van der Waals surface area contributed by atoms with E-state index in [1.165, 1.54) is 40.3 Å². The summed E-state index contributed by atoms with van der Waals surface area (Å²) in [6.45, 7) is -6.14. The number of nitrogens with zero attached hydrogens (tertiary/aromatic N) is 10. The lowest BCUT2D eigenvalue weighted by Crippen LogP contribution is -2.38. The Morgan fingerprint density at radius 1 is 0.693 bits per heavy atom. The number of phosphoric ester groups is 2. The van der Waals surface area contributed by atoms with Crippen molar-refractivity contribution in [2.24, 2.45) is 7.05 Å². The Balaban J connectivity index is 0.862. The number of rotatable bonds is 19. The van der Waals surface area contributed by atoms with Crippen LogP contribution in [0.3, 0.4) is 0 Å². The van der Waals surface area contributed by atoms with Crippen molar-refractivity contribution in [1.82, 2.24) is 53.6 Å². The van der Waals surface area contributed by atoms with Gasteiger partial charge in [0, 0.05) is 7.11 Å². The van der Waals surface area contributed by atoms with Crippen molar-refractivity contribution in [2.45, 2.75) is 80.5 Å². The monoisotopic (exact) mass is 1160 g/mol. The van der Waals surface area contributed by atoms with E-state index in [0.29, 0.717) is 0 Å². The average molecular weight is 1160 g/mol. The highest BCUT2D eigenvalue weighted by atomic mass is 32.5. The van der Waals surface area contributed by atoms with E-state index >= 15 is 0 Å². The van der Waals surface area contributed by atoms with Crippen LogP contribution in [0.15, 0.2) is 34.9 Å². The lowest BCUT2D eigenvalue weighted by atomic mass is 10.1. The normalized spacial score (nSPS) is 30.5. The number of nitrogens with one attached hydrogen (secondary N) is 2. The van der Waals surface area contributed by atoms with E-state index in [1.54, 1.807) is 0 Å². The number of aromatic nitrogens is 12. The van der Waals surface area contributed by atoms with Gasteiger partial charge in [-0.3, -0.25) is 37.3 Å². The molecule has 16 atom stereocenters. The number of anilines is 2. The number of aliphatic hydroxyl groups excluding tert-OH is 4. The first kappa shape index (κ1) is 55.2. The summed E-state index contributed by atoms with van der Waals surface area (Å²) in [4.78, 5) is 96.9. The zero-order valence-electron chi connectivity index (χ0n) is 38.4. The average Bonchev–Trinajstić information content (AvgIpc) is 4.17. The summed E-state index contributed by atoms with van der Waals surface area (Å²) in [5.74, 6) is -0.140. The fourth-order valence-electron chi connectivity index (χ4n) is 8.38. The molecule has 3 saturated heterocycles. The van der Waals surface area contributed by atoms with E-state index in [-0.39, 0.29) is 51.1 Å². The zero-order chi connectivity index (χ0) is 54.3. The number of methoxy groups -OCH3 is 1. The lowest BCUT2D eigenvalue weighted by Gasteiger charge is -2.28. The highest BCUT2D eigenvalue weighted by Crippen LogP contribution is 2.68. The van der Waals surface area contributed by atoms with Gasteiger partial charge in [0.1, 0.15) is 72.6 Å². The first-order valence-corrected chi connectivity index (χ1v) is 28.4. The van der Waals surface area contributed by atoms with Gasteiger partial charge in [0.25, 0.3) is 16.7 Å². The Bertz CT molecular complexity index is 3470. The van der Waals surface area contributed by atoms with Crippen LogP contribution in [0.2, 0.25) is 0 Å². The molecule has 14 N–H and O–H groups in total. The zero-order valence-corrected chi connectivity index (χ0v) is 42.8. The van der Waals surface area contributed by atoms with Crippen LogP contribution < -0.4 is 27.2 Å². The van der Waals surface area contributed by atoms with Crippen LogP contribution in [-0.2, 0) is 78.2 Å². The van der Waals surface area contributed by atoms with E-state index in [0.717, 1.165) is 24.3 Å². The molecule has 3 aliphatic heterocycles. The van der Waals surface area contributed by atoms with Gasteiger partial charge in [-0.25, -0.2) is 43.2 Å². The number of hydrogen-bond donors (Lipinski definition) is 12. The number of H-pyrrole nitrogens is 2. The molecule has 0 aliphatic carbocycles. The van der Waals surface area contributed by atoms with Crippen LogP contribution in [0.4, 0.5) is 11.8 Å². The molecule has 0 spiro atoms. The summed E-state index contributed by atoms with van der Waals surface area (Å²) in [5, 5.41) is 43.4. The molecule has 0 bridgehead atoms. The number of nitrogen functional groups attached to an aromatic ring is 2. The van der Waals surface area contributed by atoms with Crippen molar-refractivity contribution in [3.05, 3.63) is 51.8 Å². The predicted octanol–water partition coefficient (Wildman–Crippen LogP) is -3.87. The van der Waals surface area contributed by atoms with E-state index in [1.807, 2.05) is 0 Å². The number of hydrogen-bond acceptors (Lipinski definition) is 28. The largest absolute Gasteiger partial charge is 0.490 e. The number of aromatic amines is 2. The summed E-state index contributed by atoms with van der Waals surface area (Å²) < 4.78 is 96.7. The molecule has 9 heterocycles. The van der Waals surface area contributed by atoms with Gasteiger partial charge >= 0.3 is 35.7 Å². The highest BCUT2D eigenvalue weighted by Gasteiger charge is 2.53. The number of aliphatic hydroxyl groups is 4. The smallest absolute Gasteiger partial charge is 0.387 e. The van der Waals surface area contributed by atoms with Crippen molar-refractivity contribution in [2.75, 3.05) is 38.4 Å². The molecule has 410 valence electrons. The van der Waals surface area contributed by atoms with Gasteiger partial charge in [-0.2, -0.15) is 18.2 Å². The number of nitrogens with two attached hydrogens (primary N) is 2. The van der Waals surface area contributed by atoms with Crippen molar-refractivity contribution in [1.29, 1.82) is 0 Å². The Morgan fingerprint density at radius 2 is 1.25 bits per heavy atom. The Kier molecular flexibility index (Phi) is 15.2. The topological polar surface area (TPSA) is 519 Å². The molecule has 0 amide bonds. The maximum atomic E-state index is 13.2. The fourth-order valence-corrected chi connectivity index (χ4v) is 13.3. The summed E-state index contributed by atoms with van der Waals surface area (Å²) >= 11 is 5.29. The van der Waals surface area contributed by atoms with Gasteiger partial charge in [-0.05, 0) is 18.7 Å². The van der Waals surface area contributed by atoms with E-state index in [2.05, 4.69) is 48.5 Å². The molecule has 3 aliphatic rings. The maximum Gasteiger partial charge on any atom is 0.490 e. The van der Waals surface area contributed by atoms with Crippen LogP contribution in [0.1, 0.15) is 24.5 Å². The number of imidazole rings is 3. The predicted molar refractivity (Wildman–Crippen MR) is 246 cm³/mol. The molecular weight excluding hydrogens is 1120 g/mol. The maximum absolute atomic E-state index is 13.2. The molecule has 37 nitrogen and oxygen atoms in total. The van der Waals surface area contributed by atoms with Crippen LogP contribution in [-0.4, -0.2) is 175 Å². The third-order valence-electron chi connectivity index (χ3n) is 11.7. The molecule has 16 unspecified atom stereocenters. The van der Waals surface area contributed by atoms with E-state index in [4.69, 9.17) is 60.3 Å². The van der Waals surface area contributed by atoms with Crippen molar-refractivity contribution in [3.63, 3.8) is 0 Å². The second-order valence-electron chi connectivity index (χ2n) is 16.7. The van der Waals surface area contributed by atoms with Crippen LogP contribution in [0, 0.1) is 6.92 Å². The molecule has 0 aromatic carbocycles. The molecule has 6 aromatic rings. The van der Waals surface area contributed by atoms with Crippen molar-refractivity contribution < 1.29 is 104 Å². The summed E-state index contributed by atoms with van der Waals surface area (Å²) in [6, 6.07) is 0. The van der Waals surface area contributed by atoms with Gasteiger partial charge in [0.15, 0.2) is 35.1 Å². The molecule has 0 radical (unpaired) electrons. The minimum Gasteiger partial charge on any atom is -0.387 e. The minimum absolute atomic E-state index is 0.0134. The summed E-state index contributed by atoms with van der Waals surface area (Å²) in [5.41, 5.74) is 10.4. The van der Waals surface area contributed by atoms with Gasteiger partial charge in [0.05, 0.1) is 39.5 Å². The van der Waals surface area contributed by atoms with Crippen molar-refractivity contribution >= 4 is 87.3 Å². The molecule has 42 heteroatoms. The SMILES string of the molecule is COC1C(OP(O)(=S)OCC2OC(n3cnc4c(=O)[nH]c(C)nc43)C(O)C2O)C(COP(=O)(O)OP(=O)(O)OP(=O)(O)OCC2OC(n3c[n+](C)c4c(=O)[nH]c(N)nc43)C(O)C2O)OC1n1cnc2c(N)ncnc21.